The molecule has 0 bridgehead atoms. The van der Waals surface area contributed by atoms with Gasteiger partial charge in [-0.05, 0) is 35.4 Å². The fraction of sp³-hybridized carbons (Fsp3) is 0.381. The minimum Gasteiger partial charge on any atom is -0.321 e. The first-order chi connectivity index (χ1) is 13.3. The van der Waals surface area contributed by atoms with E-state index in [4.69, 9.17) is 0 Å². The summed E-state index contributed by atoms with van der Waals surface area (Å²) in [6.45, 7) is 2.41. The van der Waals surface area contributed by atoms with E-state index in [0.717, 1.165) is 43.9 Å². The van der Waals surface area contributed by atoms with Crippen LogP contribution in [-0.4, -0.2) is 20.2 Å². The minimum atomic E-state index is -0.200. The fourth-order valence-electron chi connectivity index (χ4n) is 3.95. The van der Waals surface area contributed by atoms with Crippen molar-refractivity contribution < 1.29 is 9.29 Å². The van der Waals surface area contributed by atoms with Gasteiger partial charge in [-0.3, -0.25) is 0 Å². The molecule has 6 heteroatoms. The van der Waals surface area contributed by atoms with Crippen molar-refractivity contribution in [3.8, 4) is 0 Å². The number of benzene rings is 2. The van der Waals surface area contributed by atoms with Crippen LogP contribution in [0.15, 0.2) is 54.6 Å². The Morgan fingerprint density at radius 3 is 2.26 bits per heavy atom. The molecule has 27 heavy (non-hydrogen) atoms. The van der Waals surface area contributed by atoms with E-state index in [0.29, 0.717) is 6.04 Å². The Morgan fingerprint density at radius 1 is 0.889 bits per heavy atom. The second kappa shape index (κ2) is 8.39. The number of aromatic nitrogens is 4. The van der Waals surface area contributed by atoms with Crippen LogP contribution in [0.3, 0.4) is 0 Å². The molecule has 140 valence electrons. The lowest BCUT2D eigenvalue weighted by molar-refractivity contribution is -0.941. The summed E-state index contributed by atoms with van der Waals surface area (Å²) in [6.07, 6.45) is 4.81. The first-order valence-electron chi connectivity index (χ1n) is 9.66. The second-order valence-electron chi connectivity index (χ2n) is 7.37. The number of quaternary nitrogens is 1. The fourth-order valence-corrected chi connectivity index (χ4v) is 3.95. The third-order valence-electron chi connectivity index (χ3n) is 5.30. The summed E-state index contributed by atoms with van der Waals surface area (Å²) in [7, 11) is 0. The number of nitrogens with one attached hydrogen (secondary N) is 1. The Bertz CT molecular complexity index is 841. The summed E-state index contributed by atoms with van der Waals surface area (Å²) >= 11 is 0. The quantitative estimate of drug-likeness (QED) is 0.699. The maximum absolute atomic E-state index is 13.3. The third-order valence-corrected chi connectivity index (χ3v) is 5.30. The van der Waals surface area contributed by atoms with E-state index < -0.39 is 0 Å². The van der Waals surface area contributed by atoms with E-state index in [1.165, 1.54) is 35.4 Å². The highest BCUT2D eigenvalue weighted by molar-refractivity contribution is 5.15. The van der Waals surface area contributed by atoms with Crippen molar-refractivity contribution in [3.63, 3.8) is 0 Å². The predicted octanol–water partition coefficient (Wildman–Crippen LogP) is 2.71. The summed E-state index contributed by atoms with van der Waals surface area (Å²) in [6, 6.07) is 17.6. The zero-order chi connectivity index (χ0) is 18.5. The molecule has 0 amide bonds. The van der Waals surface area contributed by atoms with E-state index in [1.54, 1.807) is 0 Å². The first-order valence-corrected chi connectivity index (χ1v) is 9.66. The van der Waals surface area contributed by atoms with Crippen LogP contribution in [0.5, 0.6) is 0 Å². The molecule has 0 spiro atoms. The molecule has 2 aromatic carbocycles. The highest BCUT2D eigenvalue weighted by Crippen LogP contribution is 2.28. The number of rotatable bonds is 7. The Labute approximate surface area is 158 Å². The van der Waals surface area contributed by atoms with E-state index >= 15 is 0 Å². The average molecular weight is 366 g/mol. The molecule has 1 heterocycles. The molecule has 1 N–H and O–H groups in total. The lowest BCUT2D eigenvalue weighted by atomic mass is 10.1. The zero-order valence-electron chi connectivity index (χ0n) is 15.4. The van der Waals surface area contributed by atoms with Crippen molar-refractivity contribution in [1.82, 2.24) is 20.2 Å². The smallest absolute Gasteiger partial charge is 0.206 e. The van der Waals surface area contributed by atoms with Gasteiger partial charge in [-0.15, -0.1) is 5.10 Å². The van der Waals surface area contributed by atoms with Gasteiger partial charge in [0.05, 0.1) is 6.04 Å². The molecule has 0 saturated heterocycles. The van der Waals surface area contributed by atoms with Crippen LogP contribution < -0.4 is 4.90 Å². The van der Waals surface area contributed by atoms with Gasteiger partial charge in [0.2, 0.25) is 5.82 Å². The van der Waals surface area contributed by atoms with Crippen molar-refractivity contribution in [2.45, 2.75) is 51.4 Å². The Morgan fingerprint density at radius 2 is 1.56 bits per heavy atom. The standard InChI is InChI=1S/C21H24FN5/c22-19-12-10-18(11-13-19)15-26(14-17-6-2-1-3-7-17)16-21-23-24-25-27(21)20-8-4-5-9-20/h1-3,6-7,10-13,20H,4-5,8-9,14-16H2/p+1. The molecule has 3 aromatic rings. The molecule has 1 unspecified atom stereocenters. The lowest BCUT2D eigenvalue weighted by Crippen LogP contribution is -3.08. The van der Waals surface area contributed by atoms with E-state index in [9.17, 15) is 4.39 Å². The van der Waals surface area contributed by atoms with Crippen LogP contribution in [0.25, 0.3) is 0 Å². The molecule has 1 aromatic heterocycles. The average Bonchev–Trinajstić information content (AvgIpc) is 3.36. The van der Waals surface area contributed by atoms with Crippen LogP contribution in [-0.2, 0) is 19.6 Å². The molecule has 1 saturated carbocycles. The van der Waals surface area contributed by atoms with Crippen LogP contribution in [0.1, 0.15) is 48.7 Å². The molecule has 1 aliphatic carbocycles. The van der Waals surface area contributed by atoms with Gasteiger partial charge in [0.15, 0.2) is 0 Å². The maximum Gasteiger partial charge on any atom is 0.206 e. The van der Waals surface area contributed by atoms with Crippen LogP contribution in [0.4, 0.5) is 4.39 Å². The van der Waals surface area contributed by atoms with Gasteiger partial charge in [0.25, 0.3) is 0 Å². The first kappa shape index (κ1) is 17.8. The van der Waals surface area contributed by atoms with Gasteiger partial charge < -0.3 is 4.90 Å². The summed E-state index contributed by atoms with van der Waals surface area (Å²) in [5.41, 5.74) is 2.39. The molecule has 1 aliphatic rings. The number of hydrogen-bond donors (Lipinski definition) is 1. The molecule has 0 radical (unpaired) electrons. The lowest BCUT2D eigenvalue weighted by Gasteiger charge is -2.20. The van der Waals surface area contributed by atoms with Crippen LogP contribution >= 0.6 is 0 Å². The summed E-state index contributed by atoms with van der Waals surface area (Å²) in [5, 5.41) is 12.5. The van der Waals surface area contributed by atoms with Crippen molar-refractivity contribution in [1.29, 1.82) is 0 Å². The monoisotopic (exact) mass is 366 g/mol. The Kier molecular flexibility index (Phi) is 5.53. The van der Waals surface area contributed by atoms with Crippen molar-refractivity contribution in [2.24, 2.45) is 0 Å². The highest BCUT2D eigenvalue weighted by atomic mass is 19.1. The molecule has 4 rings (SSSR count). The van der Waals surface area contributed by atoms with E-state index in [-0.39, 0.29) is 5.82 Å². The Hall–Kier alpha value is -2.60. The van der Waals surface area contributed by atoms with E-state index in [2.05, 4.69) is 39.8 Å². The van der Waals surface area contributed by atoms with Crippen molar-refractivity contribution >= 4 is 0 Å². The number of nitrogens with zero attached hydrogens (tertiary/aromatic N) is 4. The van der Waals surface area contributed by atoms with E-state index in [1.807, 2.05) is 22.9 Å². The van der Waals surface area contributed by atoms with Crippen LogP contribution in [0, 0.1) is 5.82 Å². The number of hydrogen-bond acceptors (Lipinski definition) is 3. The molecule has 0 aliphatic heterocycles. The molecule has 1 atom stereocenters. The molecular formula is C21H25FN5+. The SMILES string of the molecule is Fc1ccc(C[NH+](Cc2ccccc2)Cc2nnnn2C2CCCC2)cc1. The van der Waals surface area contributed by atoms with Crippen molar-refractivity contribution in [2.75, 3.05) is 0 Å². The molecule has 5 nitrogen and oxygen atoms in total. The molecular weight excluding hydrogens is 341 g/mol. The summed E-state index contributed by atoms with van der Waals surface area (Å²) in [4.78, 5) is 1.34. The van der Waals surface area contributed by atoms with Gasteiger partial charge in [-0.2, -0.15) is 0 Å². The maximum atomic E-state index is 13.3. The van der Waals surface area contributed by atoms with Gasteiger partial charge >= 0.3 is 0 Å². The Balaban J connectivity index is 1.54. The number of tetrazole rings is 1. The van der Waals surface area contributed by atoms with Gasteiger partial charge in [0.1, 0.15) is 25.5 Å². The normalized spacial score (nSPS) is 15.9. The minimum absolute atomic E-state index is 0.200. The number of halogens is 1. The van der Waals surface area contributed by atoms with Gasteiger partial charge in [-0.1, -0.05) is 55.3 Å². The molecule has 1 fully saturated rings. The summed E-state index contributed by atoms with van der Waals surface area (Å²) < 4.78 is 15.3. The summed E-state index contributed by atoms with van der Waals surface area (Å²) in [5.74, 6) is 0.739. The third kappa shape index (κ3) is 4.57. The zero-order valence-corrected chi connectivity index (χ0v) is 15.4. The highest BCUT2D eigenvalue weighted by Gasteiger charge is 2.24. The topological polar surface area (TPSA) is 48.0 Å². The largest absolute Gasteiger partial charge is 0.321 e. The van der Waals surface area contributed by atoms with Gasteiger partial charge in [-0.25, -0.2) is 9.07 Å². The second-order valence-corrected chi connectivity index (χ2v) is 7.37. The van der Waals surface area contributed by atoms with Gasteiger partial charge in [0, 0.05) is 11.1 Å². The van der Waals surface area contributed by atoms with Crippen molar-refractivity contribution in [3.05, 3.63) is 77.4 Å². The predicted molar refractivity (Wildman–Crippen MR) is 100 cm³/mol. The van der Waals surface area contributed by atoms with Crippen LogP contribution in [0.2, 0.25) is 0 Å².